The van der Waals surface area contributed by atoms with Gasteiger partial charge in [0.1, 0.15) is 0 Å². The molecule has 0 fully saturated rings. The maximum atomic E-state index is 5.65. The summed E-state index contributed by atoms with van der Waals surface area (Å²) in [5.74, 6) is 0.502. The first-order chi connectivity index (χ1) is 6.15. The summed E-state index contributed by atoms with van der Waals surface area (Å²) in [5.41, 5.74) is 6.67. The molecule has 1 rings (SSSR count). The summed E-state index contributed by atoms with van der Waals surface area (Å²) in [7, 11) is 3.55. The van der Waals surface area contributed by atoms with Crippen molar-refractivity contribution < 1.29 is 0 Å². The lowest BCUT2D eigenvalue weighted by molar-refractivity contribution is 1.20. The van der Waals surface area contributed by atoms with E-state index in [1.807, 2.05) is 36.2 Å². The summed E-state index contributed by atoms with van der Waals surface area (Å²) in [6.45, 7) is 0. The molecule has 4 heteroatoms. The molecule has 1 aromatic rings. The Bertz CT molecular complexity index is 305. The zero-order valence-corrected chi connectivity index (χ0v) is 9.25. The minimum atomic E-state index is 0.502. The molecule has 0 saturated heterocycles. The predicted octanol–water partition coefficient (Wildman–Crippen LogP) is 1.83. The number of anilines is 1. The molecule has 0 atom stereocenters. The Morgan fingerprint density at radius 1 is 1.38 bits per heavy atom. The van der Waals surface area contributed by atoms with Gasteiger partial charge in [0.2, 0.25) is 0 Å². The number of benzene rings is 1. The van der Waals surface area contributed by atoms with Gasteiger partial charge >= 0.3 is 0 Å². The van der Waals surface area contributed by atoms with Crippen LogP contribution in [-0.2, 0) is 0 Å². The molecule has 0 amide bonds. The van der Waals surface area contributed by atoms with Gasteiger partial charge in [-0.3, -0.25) is 4.99 Å². The molecule has 0 spiro atoms. The molecule has 0 bridgehead atoms. The SMILES string of the molecule is C/N=C(\N)N(C)c1ccc(Br)cc1. The zero-order chi connectivity index (χ0) is 9.84. The standard InChI is InChI=1S/C9H12BrN3/c1-12-9(11)13(2)8-5-3-7(10)4-6-8/h3-6H,1-2H3,(H2,11,12). The molecule has 3 nitrogen and oxygen atoms in total. The van der Waals surface area contributed by atoms with Crippen molar-refractivity contribution in [3.63, 3.8) is 0 Å². The fourth-order valence-corrected chi connectivity index (χ4v) is 1.21. The number of halogens is 1. The normalized spacial score (nSPS) is 11.5. The van der Waals surface area contributed by atoms with Gasteiger partial charge in [0, 0.05) is 24.3 Å². The topological polar surface area (TPSA) is 41.6 Å². The molecule has 70 valence electrons. The van der Waals surface area contributed by atoms with E-state index in [2.05, 4.69) is 20.9 Å². The quantitative estimate of drug-likeness (QED) is 0.603. The lowest BCUT2D eigenvalue weighted by Crippen LogP contribution is -2.33. The van der Waals surface area contributed by atoms with Gasteiger partial charge in [0.25, 0.3) is 0 Å². The molecule has 1 aromatic carbocycles. The van der Waals surface area contributed by atoms with Crippen molar-refractivity contribution in [2.45, 2.75) is 0 Å². The average molecular weight is 242 g/mol. The summed E-state index contributed by atoms with van der Waals surface area (Å²) in [6.07, 6.45) is 0. The van der Waals surface area contributed by atoms with Gasteiger partial charge < -0.3 is 10.6 Å². The third-order valence-corrected chi connectivity index (χ3v) is 2.32. The van der Waals surface area contributed by atoms with Crippen LogP contribution >= 0.6 is 15.9 Å². The van der Waals surface area contributed by atoms with Crippen LogP contribution in [0.2, 0.25) is 0 Å². The van der Waals surface area contributed by atoms with Gasteiger partial charge in [-0.1, -0.05) is 15.9 Å². The van der Waals surface area contributed by atoms with Gasteiger partial charge in [-0.25, -0.2) is 0 Å². The van der Waals surface area contributed by atoms with E-state index >= 15 is 0 Å². The Balaban J connectivity index is 2.89. The Morgan fingerprint density at radius 3 is 2.38 bits per heavy atom. The number of guanidine groups is 1. The molecule has 0 aliphatic rings. The molecule has 0 aliphatic heterocycles. The summed E-state index contributed by atoms with van der Waals surface area (Å²) in [6, 6.07) is 7.88. The molecule has 0 aromatic heterocycles. The molecule has 0 unspecified atom stereocenters. The highest BCUT2D eigenvalue weighted by atomic mass is 79.9. The number of nitrogens with zero attached hydrogens (tertiary/aromatic N) is 2. The maximum absolute atomic E-state index is 5.65. The van der Waals surface area contributed by atoms with Crippen LogP contribution in [0.25, 0.3) is 0 Å². The Kier molecular flexibility index (Phi) is 3.31. The molecular weight excluding hydrogens is 230 g/mol. The highest BCUT2D eigenvalue weighted by Gasteiger charge is 2.02. The van der Waals surface area contributed by atoms with E-state index in [1.165, 1.54) is 0 Å². The molecule has 0 radical (unpaired) electrons. The van der Waals surface area contributed by atoms with E-state index in [4.69, 9.17) is 5.73 Å². The Morgan fingerprint density at radius 2 is 1.92 bits per heavy atom. The monoisotopic (exact) mass is 241 g/mol. The second-order valence-corrected chi connectivity index (χ2v) is 3.53. The summed E-state index contributed by atoms with van der Waals surface area (Å²) in [5, 5.41) is 0. The zero-order valence-electron chi connectivity index (χ0n) is 7.66. The van der Waals surface area contributed by atoms with Crippen molar-refractivity contribution >= 4 is 27.6 Å². The second-order valence-electron chi connectivity index (χ2n) is 2.62. The first-order valence-corrected chi connectivity index (χ1v) is 4.66. The fourth-order valence-electron chi connectivity index (χ4n) is 0.947. The number of aliphatic imine (C=N–C) groups is 1. The van der Waals surface area contributed by atoms with E-state index < -0.39 is 0 Å². The van der Waals surface area contributed by atoms with E-state index in [-0.39, 0.29) is 0 Å². The van der Waals surface area contributed by atoms with E-state index in [0.717, 1.165) is 10.2 Å². The van der Waals surface area contributed by atoms with Gasteiger partial charge in [-0.05, 0) is 24.3 Å². The smallest absolute Gasteiger partial charge is 0.195 e. The maximum Gasteiger partial charge on any atom is 0.195 e. The first kappa shape index (κ1) is 10.1. The molecule has 0 saturated carbocycles. The fraction of sp³-hybridized carbons (Fsp3) is 0.222. The van der Waals surface area contributed by atoms with Crippen molar-refractivity contribution in [2.75, 3.05) is 19.0 Å². The molecule has 2 N–H and O–H groups in total. The van der Waals surface area contributed by atoms with Crippen LogP contribution in [0.15, 0.2) is 33.7 Å². The minimum Gasteiger partial charge on any atom is -0.370 e. The van der Waals surface area contributed by atoms with Gasteiger partial charge in [-0.15, -0.1) is 0 Å². The molecule has 0 aliphatic carbocycles. The lowest BCUT2D eigenvalue weighted by atomic mass is 10.3. The second kappa shape index (κ2) is 4.28. The predicted molar refractivity (Wildman–Crippen MR) is 60.1 cm³/mol. The third kappa shape index (κ3) is 2.45. The van der Waals surface area contributed by atoms with E-state index in [0.29, 0.717) is 5.96 Å². The van der Waals surface area contributed by atoms with Gasteiger partial charge in [-0.2, -0.15) is 0 Å². The molecular formula is C9H12BrN3. The van der Waals surface area contributed by atoms with Gasteiger partial charge in [0.05, 0.1) is 0 Å². The van der Waals surface area contributed by atoms with Crippen LogP contribution in [0, 0.1) is 0 Å². The van der Waals surface area contributed by atoms with Gasteiger partial charge in [0.15, 0.2) is 5.96 Å². The first-order valence-electron chi connectivity index (χ1n) is 3.86. The molecule has 0 heterocycles. The number of rotatable bonds is 1. The lowest BCUT2D eigenvalue weighted by Gasteiger charge is -2.17. The van der Waals surface area contributed by atoms with Crippen molar-refractivity contribution in [1.29, 1.82) is 0 Å². The van der Waals surface area contributed by atoms with E-state index in [9.17, 15) is 0 Å². The van der Waals surface area contributed by atoms with Crippen molar-refractivity contribution in [3.05, 3.63) is 28.7 Å². The number of nitrogens with two attached hydrogens (primary N) is 1. The van der Waals surface area contributed by atoms with E-state index in [1.54, 1.807) is 7.05 Å². The van der Waals surface area contributed by atoms with Crippen LogP contribution in [0.5, 0.6) is 0 Å². The number of hydrogen-bond donors (Lipinski definition) is 1. The van der Waals surface area contributed by atoms with Crippen molar-refractivity contribution in [2.24, 2.45) is 10.7 Å². The summed E-state index contributed by atoms with van der Waals surface area (Å²) >= 11 is 3.37. The average Bonchev–Trinajstić information content (AvgIpc) is 2.17. The highest BCUT2D eigenvalue weighted by molar-refractivity contribution is 9.10. The van der Waals surface area contributed by atoms with Crippen LogP contribution in [0.3, 0.4) is 0 Å². The Hall–Kier alpha value is -1.03. The minimum absolute atomic E-state index is 0.502. The number of hydrogen-bond acceptors (Lipinski definition) is 1. The Labute approximate surface area is 86.4 Å². The highest BCUT2D eigenvalue weighted by Crippen LogP contribution is 2.16. The van der Waals surface area contributed by atoms with Crippen molar-refractivity contribution in [1.82, 2.24) is 0 Å². The third-order valence-electron chi connectivity index (χ3n) is 1.79. The summed E-state index contributed by atoms with van der Waals surface area (Å²) < 4.78 is 1.05. The van der Waals surface area contributed by atoms with Crippen LogP contribution in [-0.4, -0.2) is 20.1 Å². The van der Waals surface area contributed by atoms with Crippen LogP contribution < -0.4 is 10.6 Å². The molecule has 13 heavy (non-hydrogen) atoms. The van der Waals surface area contributed by atoms with Crippen LogP contribution in [0.1, 0.15) is 0 Å². The summed E-state index contributed by atoms with van der Waals surface area (Å²) in [4.78, 5) is 5.72. The van der Waals surface area contributed by atoms with Crippen LogP contribution in [0.4, 0.5) is 5.69 Å². The van der Waals surface area contributed by atoms with Crippen molar-refractivity contribution in [3.8, 4) is 0 Å². The largest absolute Gasteiger partial charge is 0.370 e.